The summed E-state index contributed by atoms with van der Waals surface area (Å²) >= 11 is 0. The van der Waals surface area contributed by atoms with Crippen molar-refractivity contribution in [2.24, 2.45) is 0 Å². The molecule has 50 valence electrons. The molecule has 0 aliphatic heterocycles. The minimum atomic E-state index is -2.37. The Morgan fingerprint density at radius 2 is 1.78 bits per heavy atom. The largest absolute Gasteiger partial charge is 0.294 e. The highest BCUT2D eigenvalue weighted by Gasteiger charge is 1.91. The van der Waals surface area contributed by atoms with E-state index in [1.807, 2.05) is 5.02 Å². The molecule has 0 aromatic heterocycles. The number of carbonyl (C=O) groups is 1. The molecule has 0 atom stereocenters. The van der Waals surface area contributed by atoms with Crippen molar-refractivity contribution >= 4 is 21.1 Å². The van der Waals surface area contributed by atoms with Gasteiger partial charge < -0.3 is 0 Å². The number of Topliss-reactive ketones (excluding diaryl/α,β-unsaturated/α-hetero) is 1. The lowest BCUT2D eigenvalue weighted by molar-refractivity contribution is -0.113. The smallest absolute Gasteiger partial charge is 0.260 e. The molecule has 0 aromatic rings. The van der Waals surface area contributed by atoms with Gasteiger partial charge >= 0.3 is 0 Å². The highest BCUT2D eigenvalue weighted by molar-refractivity contribution is 7.71. The molecular formula is C5H6O3S. The van der Waals surface area contributed by atoms with Crippen molar-refractivity contribution in [2.45, 2.75) is 13.8 Å². The molecule has 0 fully saturated rings. The molecule has 0 rings (SSSR count). The van der Waals surface area contributed by atoms with Crippen LogP contribution in [-0.2, 0) is 15.1 Å². The van der Waals surface area contributed by atoms with Gasteiger partial charge in [-0.15, -0.1) is 0 Å². The van der Waals surface area contributed by atoms with Crippen LogP contribution in [-0.4, -0.2) is 19.2 Å². The van der Waals surface area contributed by atoms with Crippen molar-refractivity contribution in [2.75, 3.05) is 0 Å². The van der Waals surface area contributed by atoms with Crippen LogP contribution in [0, 0.1) is 0 Å². The van der Waals surface area contributed by atoms with Crippen molar-refractivity contribution < 1.29 is 13.2 Å². The molecule has 0 unspecified atom stereocenters. The van der Waals surface area contributed by atoms with Crippen LogP contribution in [0.3, 0.4) is 0 Å². The number of hydrogen-bond acceptors (Lipinski definition) is 3. The molecule has 0 radical (unpaired) electrons. The van der Waals surface area contributed by atoms with Crippen LogP contribution in [0.25, 0.3) is 0 Å². The fourth-order valence-corrected chi connectivity index (χ4v) is 0.591. The van der Waals surface area contributed by atoms with Gasteiger partial charge in [0.2, 0.25) is 0 Å². The van der Waals surface area contributed by atoms with E-state index in [-0.39, 0.29) is 11.4 Å². The maximum atomic E-state index is 10.3. The van der Waals surface area contributed by atoms with Gasteiger partial charge in [0.15, 0.2) is 5.78 Å². The topological polar surface area (TPSA) is 51.2 Å². The van der Waals surface area contributed by atoms with Gasteiger partial charge in [0, 0.05) is 10.6 Å². The molecule has 4 heteroatoms. The zero-order valence-corrected chi connectivity index (χ0v) is 5.95. The van der Waals surface area contributed by atoms with Crippen LogP contribution in [0.2, 0.25) is 0 Å². The highest BCUT2D eigenvalue weighted by Crippen LogP contribution is 1.83. The van der Waals surface area contributed by atoms with E-state index < -0.39 is 10.3 Å². The molecule has 0 aliphatic carbocycles. The molecular weight excluding hydrogens is 140 g/mol. The maximum absolute atomic E-state index is 10.3. The Morgan fingerprint density at radius 3 is 1.89 bits per heavy atom. The zero-order chi connectivity index (χ0) is 7.44. The first-order chi connectivity index (χ1) is 4.04. The Bertz CT molecular complexity index is 269. The zero-order valence-electron chi connectivity index (χ0n) is 5.13. The second-order valence-corrected chi connectivity index (χ2v) is 2.19. The quantitative estimate of drug-likeness (QED) is 0.380. The van der Waals surface area contributed by atoms with Crippen molar-refractivity contribution in [1.82, 2.24) is 0 Å². The standard InChI is InChI=1S/C5H6O3S/c1-4(5(2)6)3-9(7)8/h1-2H3. The Morgan fingerprint density at radius 1 is 1.33 bits per heavy atom. The van der Waals surface area contributed by atoms with Gasteiger partial charge in [-0.05, 0) is 13.8 Å². The van der Waals surface area contributed by atoms with E-state index in [4.69, 9.17) is 0 Å². The summed E-state index contributed by atoms with van der Waals surface area (Å²) in [5.41, 5.74) is 0.128. The monoisotopic (exact) mass is 146 g/mol. The first kappa shape index (κ1) is 8.14. The molecule has 0 amide bonds. The van der Waals surface area contributed by atoms with Gasteiger partial charge in [0.05, 0.1) is 0 Å². The van der Waals surface area contributed by atoms with E-state index in [9.17, 15) is 13.2 Å². The third-order valence-corrected chi connectivity index (χ3v) is 1.24. The fraction of sp³-hybridized carbons (Fsp3) is 0.400. The van der Waals surface area contributed by atoms with Gasteiger partial charge in [0.1, 0.15) is 0 Å². The van der Waals surface area contributed by atoms with Crippen molar-refractivity contribution in [3.05, 3.63) is 5.57 Å². The molecule has 0 heterocycles. The molecule has 0 spiro atoms. The summed E-state index contributed by atoms with van der Waals surface area (Å²) in [4.78, 5) is 10.3. The summed E-state index contributed by atoms with van der Waals surface area (Å²) in [6.07, 6.45) is 0. The number of carbonyl (C=O) groups excluding carboxylic acids is 1. The number of allylic oxidation sites excluding steroid dienone is 1. The molecule has 0 saturated heterocycles. The lowest BCUT2D eigenvalue weighted by atomic mass is 10.3. The van der Waals surface area contributed by atoms with E-state index in [0.717, 1.165) is 0 Å². The van der Waals surface area contributed by atoms with Crippen molar-refractivity contribution in [1.29, 1.82) is 0 Å². The molecule has 0 bridgehead atoms. The average molecular weight is 146 g/mol. The first-order valence-electron chi connectivity index (χ1n) is 2.24. The summed E-state index contributed by atoms with van der Waals surface area (Å²) in [5, 5.41) is 1.93. The first-order valence-corrected chi connectivity index (χ1v) is 3.32. The summed E-state index contributed by atoms with van der Waals surface area (Å²) in [7, 11) is -2.37. The maximum Gasteiger partial charge on any atom is 0.260 e. The van der Waals surface area contributed by atoms with E-state index in [1.54, 1.807) is 0 Å². The van der Waals surface area contributed by atoms with E-state index >= 15 is 0 Å². The molecule has 0 N–H and O–H groups in total. The molecule has 9 heavy (non-hydrogen) atoms. The molecule has 0 saturated carbocycles. The van der Waals surface area contributed by atoms with Crippen LogP contribution < -0.4 is 0 Å². The fourth-order valence-electron chi connectivity index (χ4n) is 0.197. The molecule has 0 aliphatic rings. The van der Waals surface area contributed by atoms with Gasteiger partial charge in [-0.25, -0.2) is 0 Å². The van der Waals surface area contributed by atoms with E-state index in [1.165, 1.54) is 13.8 Å². The summed E-state index contributed by atoms with van der Waals surface area (Å²) in [5.74, 6) is -0.279. The van der Waals surface area contributed by atoms with Gasteiger partial charge in [-0.1, -0.05) is 0 Å². The van der Waals surface area contributed by atoms with E-state index in [0.29, 0.717) is 0 Å². The average Bonchev–Trinajstić information content (AvgIpc) is 1.63. The van der Waals surface area contributed by atoms with Crippen LogP contribution in [0.5, 0.6) is 0 Å². The van der Waals surface area contributed by atoms with Gasteiger partial charge in [-0.2, -0.15) is 8.42 Å². The second kappa shape index (κ2) is 3.22. The SMILES string of the molecule is CC(=O)C(C)=C=S(=O)=O. The molecule has 3 nitrogen and oxygen atoms in total. The number of rotatable bonds is 1. The summed E-state index contributed by atoms with van der Waals surface area (Å²) in [6, 6.07) is 0. The van der Waals surface area contributed by atoms with Crippen molar-refractivity contribution in [3.63, 3.8) is 0 Å². The van der Waals surface area contributed by atoms with Gasteiger partial charge in [0.25, 0.3) is 10.3 Å². The Labute approximate surface area is 54.5 Å². The van der Waals surface area contributed by atoms with Crippen LogP contribution in [0.1, 0.15) is 13.8 Å². The summed E-state index contributed by atoms with van der Waals surface area (Å²) < 4.78 is 19.7. The normalized spacial score (nSPS) is 7.78. The molecule has 0 aromatic carbocycles. The minimum absolute atomic E-state index is 0.128. The van der Waals surface area contributed by atoms with E-state index in [2.05, 4.69) is 0 Å². The lowest BCUT2D eigenvalue weighted by Gasteiger charge is -1.79. The van der Waals surface area contributed by atoms with Crippen LogP contribution in [0.15, 0.2) is 5.57 Å². The second-order valence-electron chi connectivity index (χ2n) is 1.52. The van der Waals surface area contributed by atoms with Gasteiger partial charge in [-0.3, -0.25) is 4.79 Å². The van der Waals surface area contributed by atoms with Crippen LogP contribution >= 0.6 is 0 Å². The number of hydrogen-bond donors (Lipinski definition) is 0. The van der Waals surface area contributed by atoms with Crippen molar-refractivity contribution in [3.8, 4) is 0 Å². The number of ketones is 1. The Kier molecular flexibility index (Phi) is 2.91. The predicted octanol–water partition coefficient (Wildman–Crippen LogP) is -0.198. The minimum Gasteiger partial charge on any atom is -0.294 e. The third-order valence-electron chi connectivity index (χ3n) is 0.765. The highest BCUT2D eigenvalue weighted by atomic mass is 32.2. The predicted molar refractivity (Wildman–Crippen MR) is 33.8 cm³/mol. The Hall–Kier alpha value is -0.860. The lowest BCUT2D eigenvalue weighted by Crippen LogP contribution is -1.91. The van der Waals surface area contributed by atoms with Crippen LogP contribution in [0.4, 0.5) is 0 Å². The Balaban J connectivity index is 5.02. The third kappa shape index (κ3) is 3.70. The summed E-state index contributed by atoms with van der Waals surface area (Å²) in [6.45, 7) is 2.69.